The Hall–Kier alpha value is -5.58. The molecule has 0 fully saturated rings. The molecule has 0 spiro atoms. The zero-order valence-electron chi connectivity index (χ0n) is 22.7. The molecule has 4 nitrogen and oxygen atoms in total. The summed E-state index contributed by atoms with van der Waals surface area (Å²) in [4.78, 5) is 5.65. The minimum Gasteiger partial charge on any atom is -0.490 e. The van der Waals surface area contributed by atoms with E-state index < -0.39 is 0 Å². The second-order valence-electron chi connectivity index (χ2n) is 10.1. The molecule has 5 aromatic carbocycles. The Kier molecular flexibility index (Phi) is 7.06. The minimum atomic E-state index is -0.0976. The van der Waals surface area contributed by atoms with E-state index in [1.165, 1.54) is 21.5 Å². The molecule has 0 amide bonds. The van der Waals surface area contributed by atoms with Crippen molar-refractivity contribution < 1.29 is 4.74 Å². The fourth-order valence-electron chi connectivity index (χ4n) is 5.26. The fourth-order valence-corrected chi connectivity index (χ4v) is 5.26. The van der Waals surface area contributed by atoms with E-state index in [-0.39, 0.29) is 11.8 Å². The molecule has 6 rings (SSSR count). The van der Waals surface area contributed by atoms with Crippen LogP contribution in [0.15, 0.2) is 138 Å². The van der Waals surface area contributed by atoms with Gasteiger partial charge in [0.05, 0.1) is 18.7 Å². The number of rotatable bonds is 5. The Balaban J connectivity index is 1.36. The van der Waals surface area contributed by atoms with Gasteiger partial charge in [0, 0.05) is 23.5 Å². The summed E-state index contributed by atoms with van der Waals surface area (Å²) >= 11 is 0. The maximum Gasteiger partial charge on any atom is 0.265 e. The molecule has 1 unspecified atom stereocenters. The quantitative estimate of drug-likeness (QED) is 0.168. The number of ether oxygens (including phenoxy) is 1. The van der Waals surface area contributed by atoms with E-state index in [4.69, 9.17) is 11.3 Å². The lowest BCUT2D eigenvalue weighted by Crippen LogP contribution is -2.13. The molecular weight excluding hydrogens is 502 g/mol. The molecule has 1 aliphatic heterocycles. The van der Waals surface area contributed by atoms with Gasteiger partial charge >= 0.3 is 0 Å². The highest BCUT2D eigenvalue weighted by Crippen LogP contribution is 2.37. The molecule has 0 bridgehead atoms. The minimum absolute atomic E-state index is 0.0976. The van der Waals surface area contributed by atoms with Crippen molar-refractivity contribution in [1.82, 2.24) is 0 Å². The summed E-state index contributed by atoms with van der Waals surface area (Å²) in [5.74, 6) is 0.646. The van der Waals surface area contributed by atoms with E-state index in [2.05, 4.69) is 119 Å². The van der Waals surface area contributed by atoms with Crippen LogP contribution in [-0.4, -0.2) is 6.10 Å². The van der Waals surface area contributed by atoms with Crippen LogP contribution in [-0.2, 0) is 4.74 Å². The second-order valence-corrected chi connectivity index (χ2v) is 10.1. The van der Waals surface area contributed by atoms with E-state index in [0.29, 0.717) is 12.2 Å². The molecule has 1 atom stereocenters. The van der Waals surface area contributed by atoms with Crippen LogP contribution in [0.1, 0.15) is 18.9 Å². The van der Waals surface area contributed by atoms with E-state index >= 15 is 0 Å². The SMILES string of the molecule is [C-]#[N+]/C(C#N)=C1C=C(/C=C/c2ccc(N(c3ccc4ccccc4c3)c3ccc4ccccc4c3)cc2)OC(C)C\1. The molecule has 196 valence electrons. The number of allylic oxidation sites excluding steroid dienone is 3. The van der Waals surface area contributed by atoms with Crippen molar-refractivity contribution in [2.75, 3.05) is 4.90 Å². The summed E-state index contributed by atoms with van der Waals surface area (Å²) < 4.78 is 5.94. The molecule has 0 aliphatic carbocycles. The third kappa shape index (κ3) is 5.46. The van der Waals surface area contributed by atoms with Crippen molar-refractivity contribution in [1.29, 1.82) is 5.26 Å². The summed E-state index contributed by atoms with van der Waals surface area (Å²) in [7, 11) is 0. The van der Waals surface area contributed by atoms with Crippen LogP contribution in [0.25, 0.3) is 32.5 Å². The summed E-state index contributed by atoms with van der Waals surface area (Å²) in [6.45, 7) is 9.22. The maximum absolute atomic E-state index is 9.28. The van der Waals surface area contributed by atoms with Gasteiger partial charge in [0.2, 0.25) is 0 Å². The molecule has 0 aromatic heterocycles. The van der Waals surface area contributed by atoms with Crippen molar-refractivity contribution in [3.8, 4) is 6.07 Å². The molecule has 1 aliphatic rings. The molecule has 0 saturated heterocycles. The van der Waals surface area contributed by atoms with Gasteiger partial charge in [-0.1, -0.05) is 78.9 Å². The Labute approximate surface area is 240 Å². The zero-order valence-corrected chi connectivity index (χ0v) is 22.7. The molecule has 1 heterocycles. The monoisotopic (exact) mass is 529 g/mol. The molecule has 4 heteroatoms. The average molecular weight is 530 g/mol. The second kappa shape index (κ2) is 11.3. The van der Waals surface area contributed by atoms with Crippen LogP contribution in [0.4, 0.5) is 17.1 Å². The lowest BCUT2D eigenvalue weighted by atomic mass is 10.0. The highest BCUT2D eigenvalue weighted by atomic mass is 16.5. The van der Waals surface area contributed by atoms with Crippen molar-refractivity contribution in [3.63, 3.8) is 0 Å². The number of anilines is 3. The van der Waals surface area contributed by atoms with Crippen LogP contribution in [0.3, 0.4) is 0 Å². The normalized spacial score (nSPS) is 16.1. The van der Waals surface area contributed by atoms with E-state index in [1.807, 2.05) is 25.1 Å². The molecule has 41 heavy (non-hydrogen) atoms. The number of hydrogen-bond donors (Lipinski definition) is 0. The van der Waals surface area contributed by atoms with Gasteiger partial charge in [-0.05, 0) is 88.2 Å². The standard InChI is InChI=1S/C37H27N3O/c1-26-21-32(37(25-38)39-2)24-36(41-26)20-13-27-11-16-33(17-12-27)40(34-18-14-28-7-3-5-9-30(28)22-34)35-19-15-29-8-4-6-10-31(29)23-35/h3-20,22-24,26H,21H2,1H3/b20-13+,37-32-. The van der Waals surface area contributed by atoms with Crippen LogP contribution in [0, 0.1) is 17.9 Å². The van der Waals surface area contributed by atoms with Gasteiger partial charge in [0.15, 0.2) is 0 Å². The fraction of sp³-hybridized carbons (Fsp3) is 0.0811. The van der Waals surface area contributed by atoms with Gasteiger partial charge in [0.1, 0.15) is 5.76 Å². The summed E-state index contributed by atoms with van der Waals surface area (Å²) in [5.41, 5.74) is 5.09. The highest BCUT2D eigenvalue weighted by Gasteiger charge is 2.17. The molecular formula is C37H27N3O. The Morgan fingerprint density at radius 2 is 1.37 bits per heavy atom. The number of fused-ring (bicyclic) bond motifs is 2. The van der Waals surface area contributed by atoms with Crippen LogP contribution < -0.4 is 4.90 Å². The van der Waals surface area contributed by atoms with Crippen molar-refractivity contribution in [2.24, 2.45) is 0 Å². The van der Waals surface area contributed by atoms with E-state index in [9.17, 15) is 5.26 Å². The summed E-state index contributed by atoms with van der Waals surface area (Å²) in [5, 5.41) is 14.1. The number of nitrogens with zero attached hydrogens (tertiary/aromatic N) is 3. The lowest BCUT2D eigenvalue weighted by Gasteiger charge is -2.26. The Morgan fingerprint density at radius 3 is 1.93 bits per heavy atom. The maximum atomic E-state index is 9.28. The largest absolute Gasteiger partial charge is 0.490 e. The van der Waals surface area contributed by atoms with Crippen LogP contribution in [0.5, 0.6) is 0 Å². The van der Waals surface area contributed by atoms with Gasteiger partial charge < -0.3 is 9.64 Å². The molecule has 0 N–H and O–H groups in total. The predicted octanol–water partition coefficient (Wildman–Crippen LogP) is 9.87. The van der Waals surface area contributed by atoms with Crippen molar-refractivity contribution in [2.45, 2.75) is 19.4 Å². The number of hydrogen-bond acceptors (Lipinski definition) is 3. The Bertz CT molecular complexity index is 1840. The van der Waals surface area contributed by atoms with Gasteiger partial charge in [-0.25, -0.2) is 10.1 Å². The third-order valence-electron chi connectivity index (χ3n) is 7.26. The zero-order chi connectivity index (χ0) is 28.2. The predicted molar refractivity (Wildman–Crippen MR) is 168 cm³/mol. The first-order valence-corrected chi connectivity index (χ1v) is 13.6. The van der Waals surface area contributed by atoms with E-state index in [0.717, 1.165) is 28.2 Å². The number of benzene rings is 5. The van der Waals surface area contributed by atoms with Crippen LogP contribution >= 0.6 is 0 Å². The summed E-state index contributed by atoms with van der Waals surface area (Å²) in [6.07, 6.45) is 6.14. The first-order valence-electron chi connectivity index (χ1n) is 13.6. The smallest absolute Gasteiger partial charge is 0.265 e. The van der Waals surface area contributed by atoms with Gasteiger partial charge in [-0.2, -0.15) is 0 Å². The van der Waals surface area contributed by atoms with Gasteiger partial charge in [-0.3, -0.25) is 0 Å². The molecule has 0 saturated carbocycles. The topological polar surface area (TPSA) is 40.6 Å². The van der Waals surface area contributed by atoms with E-state index in [1.54, 1.807) is 6.08 Å². The van der Waals surface area contributed by atoms with Gasteiger partial charge in [0.25, 0.3) is 5.70 Å². The number of nitriles is 1. The third-order valence-corrected chi connectivity index (χ3v) is 7.26. The molecule has 0 radical (unpaired) electrons. The highest BCUT2D eigenvalue weighted by molar-refractivity contribution is 5.92. The van der Waals surface area contributed by atoms with Crippen molar-refractivity contribution in [3.05, 3.63) is 155 Å². The molecule has 5 aromatic rings. The van der Waals surface area contributed by atoms with Gasteiger partial charge in [-0.15, -0.1) is 0 Å². The first-order chi connectivity index (χ1) is 20.1. The average Bonchev–Trinajstić information content (AvgIpc) is 3.01. The van der Waals surface area contributed by atoms with Crippen LogP contribution in [0.2, 0.25) is 0 Å². The lowest BCUT2D eigenvalue weighted by molar-refractivity contribution is 0.133. The summed E-state index contributed by atoms with van der Waals surface area (Å²) in [6, 6.07) is 40.4. The first kappa shape index (κ1) is 25.7. The Morgan fingerprint density at radius 1 is 0.805 bits per heavy atom. The van der Waals surface area contributed by atoms with Crippen molar-refractivity contribution >= 4 is 44.7 Å².